The number of benzene rings is 2. The molecule has 2 aromatic carbocycles. The first kappa shape index (κ1) is 18.2. The Labute approximate surface area is 156 Å². The summed E-state index contributed by atoms with van der Waals surface area (Å²) in [6.45, 7) is 1.85. The molecule has 1 amide bonds. The molecule has 0 fully saturated rings. The highest BCUT2D eigenvalue weighted by molar-refractivity contribution is 6.01. The predicted octanol–water partition coefficient (Wildman–Crippen LogP) is 4.87. The van der Waals surface area contributed by atoms with Gasteiger partial charge in [-0.1, -0.05) is 30.3 Å². The van der Waals surface area contributed by atoms with Crippen LogP contribution in [0.25, 0.3) is 17.4 Å². The maximum Gasteiger partial charge on any atom is 0.262 e. The Kier molecular flexibility index (Phi) is 5.48. The number of carbonyl (C=O) groups is 1. The van der Waals surface area contributed by atoms with Crippen LogP contribution in [-0.2, 0) is 4.79 Å². The largest absolute Gasteiger partial charge is 0.457 e. The number of amides is 1. The summed E-state index contributed by atoms with van der Waals surface area (Å²) in [6, 6.07) is 20.4. The fourth-order valence-corrected chi connectivity index (χ4v) is 2.59. The maximum absolute atomic E-state index is 13.0. The van der Waals surface area contributed by atoms with E-state index in [0.29, 0.717) is 17.1 Å². The summed E-state index contributed by atoms with van der Waals surface area (Å²) >= 11 is 0. The van der Waals surface area contributed by atoms with Gasteiger partial charge in [0.2, 0.25) is 0 Å². The number of furan rings is 1. The van der Waals surface area contributed by atoms with Crippen LogP contribution in [0.15, 0.2) is 76.7 Å². The Morgan fingerprint density at radius 3 is 2.48 bits per heavy atom. The van der Waals surface area contributed by atoms with Crippen molar-refractivity contribution in [3.63, 3.8) is 0 Å². The zero-order valence-corrected chi connectivity index (χ0v) is 14.6. The Bertz CT molecular complexity index is 999. The lowest BCUT2D eigenvalue weighted by Gasteiger charge is -2.13. The number of carbonyl (C=O) groups excluding carboxylic acids is 1. The molecule has 1 heterocycles. The summed E-state index contributed by atoms with van der Waals surface area (Å²) in [5, 5.41) is 12.1. The molecule has 1 unspecified atom stereocenters. The normalized spacial score (nSPS) is 12.3. The quantitative estimate of drug-likeness (QED) is 0.521. The van der Waals surface area contributed by atoms with Gasteiger partial charge in [0.1, 0.15) is 29.0 Å². The lowest BCUT2D eigenvalue weighted by atomic mass is 10.1. The van der Waals surface area contributed by atoms with E-state index >= 15 is 0 Å². The van der Waals surface area contributed by atoms with Crippen molar-refractivity contribution >= 4 is 12.0 Å². The number of nitriles is 1. The third-order valence-corrected chi connectivity index (χ3v) is 4.05. The molecule has 134 valence electrons. The van der Waals surface area contributed by atoms with Gasteiger partial charge in [0.25, 0.3) is 5.91 Å². The average Bonchev–Trinajstić information content (AvgIpc) is 3.16. The fraction of sp³-hybridized carbons (Fsp3) is 0.0909. The lowest BCUT2D eigenvalue weighted by molar-refractivity contribution is -0.117. The number of nitrogens with one attached hydrogen (secondary N) is 1. The van der Waals surface area contributed by atoms with Gasteiger partial charge in [-0.15, -0.1) is 0 Å². The fourth-order valence-electron chi connectivity index (χ4n) is 2.59. The number of rotatable bonds is 5. The summed E-state index contributed by atoms with van der Waals surface area (Å²) in [5.74, 6) is 0.0833. The van der Waals surface area contributed by atoms with E-state index in [1.54, 1.807) is 24.3 Å². The van der Waals surface area contributed by atoms with Crippen molar-refractivity contribution < 1.29 is 13.6 Å². The van der Waals surface area contributed by atoms with Gasteiger partial charge in [-0.25, -0.2) is 4.39 Å². The molecule has 1 N–H and O–H groups in total. The minimum absolute atomic E-state index is 0.0576. The van der Waals surface area contributed by atoms with E-state index in [9.17, 15) is 14.4 Å². The molecule has 0 aliphatic heterocycles. The van der Waals surface area contributed by atoms with E-state index in [2.05, 4.69) is 5.32 Å². The highest BCUT2D eigenvalue weighted by Gasteiger charge is 2.14. The van der Waals surface area contributed by atoms with Crippen LogP contribution in [0.3, 0.4) is 0 Å². The standard InChI is InChI=1S/C22H17FN2O2/c1-15(16-5-3-2-4-6-16)25-22(26)18(14-24)13-20-11-12-21(27-20)17-7-9-19(23)10-8-17/h2-13,15H,1H3,(H,25,26)/b18-13+. The van der Waals surface area contributed by atoms with Crippen molar-refractivity contribution in [3.8, 4) is 17.4 Å². The van der Waals surface area contributed by atoms with Gasteiger partial charge in [-0.05, 0) is 48.9 Å². The molecule has 0 radical (unpaired) electrons. The predicted molar refractivity (Wildman–Crippen MR) is 101 cm³/mol. The van der Waals surface area contributed by atoms with E-state index in [1.165, 1.54) is 18.2 Å². The van der Waals surface area contributed by atoms with E-state index in [-0.39, 0.29) is 17.4 Å². The molecule has 0 aliphatic rings. The van der Waals surface area contributed by atoms with Gasteiger partial charge in [0, 0.05) is 11.6 Å². The monoisotopic (exact) mass is 360 g/mol. The van der Waals surface area contributed by atoms with Crippen LogP contribution in [0.1, 0.15) is 24.3 Å². The number of hydrogen-bond acceptors (Lipinski definition) is 3. The molecule has 1 atom stereocenters. The van der Waals surface area contributed by atoms with Crippen LogP contribution in [-0.4, -0.2) is 5.91 Å². The number of halogens is 1. The zero-order valence-electron chi connectivity index (χ0n) is 14.6. The highest BCUT2D eigenvalue weighted by atomic mass is 19.1. The average molecular weight is 360 g/mol. The highest BCUT2D eigenvalue weighted by Crippen LogP contribution is 2.24. The molecule has 0 saturated carbocycles. The zero-order chi connectivity index (χ0) is 19.2. The van der Waals surface area contributed by atoms with E-state index in [0.717, 1.165) is 5.56 Å². The first-order chi connectivity index (χ1) is 13.1. The first-order valence-corrected chi connectivity index (χ1v) is 8.40. The number of hydrogen-bond donors (Lipinski definition) is 1. The molecule has 0 aliphatic carbocycles. The molecule has 0 saturated heterocycles. The Hall–Kier alpha value is -3.65. The molecule has 0 bridgehead atoms. The lowest BCUT2D eigenvalue weighted by Crippen LogP contribution is -2.27. The van der Waals surface area contributed by atoms with E-state index in [4.69, 9.17) is 4.42 Å². The Morgan fingerprint density at radius 1 is 1.11 bits per heavy atom. The van der Waals surface area contributed by atoms with Crippen LogP contribution in [0.2, 0.25) is 0 Å². The van der Waals surface area contributed by atoms with Gasteiger partial charge in [-0.3, -0.25) is 4.79 Å². The van der Waals surface area contributed by atoms with Crippen molar-refractivity contribution in [3.05, 3.63) is 89.4 Å². The summed E-state index contributed by atoms with van der Waals surface area (Å²) in [6.07, 6.45) is 1.39. The second kappa shape index (κ2) is 8.15. The first-order valence-electron chi connectivity index (χ1n) is 8.40. The third-order valence-electron chi connectivity index (χ3n) is 4.05. The van der Waals surface area contributed by atoms with Crippen LogP contribution < -0.4 is 5.32 Å². The second-order valence-corrected chi connectivity index (χ2v) is 5.98. The summed E-state index contributed by atoms with van der Waals surface area (Å²) in [7, 11) is 0. The molecule has 4 nitrogen and oxygen atoms in total. The molecular weight excluding hydrogens is 343 g/mol. The minimum atomic E-state index is -0.478. The SMILES string of the molecule is CC(NC(=O)/C(C#N)=C/c1ccc(-c2ccc(F)cc2)o1)c1ccccc1. The summed E-state index contributed by atoms with van der Waals surface area (Å²) < 4.78 is 18.7. The van der Waals surface area contributed by atoms with Crippen molar-refractivity contribution in [2.24, 2.45) is 0 Å². The van der Waals surface area contributed by atoms with Crippen molar-refractivity contribution in [2.75, 3.05) is 0 Å². The van der Waals surface area contributed by atoms with Gasteiger partial charge in [0.15, 0.2) is 0 Å². The molecule has 5 heteroatoms. The van der Waals surface area contributed by atoms with Crippen LogP contribution >= 0.6 is 0 Å². The smallest absolute Gasteiger partial charge is 0.262 e. The minimum Gasteiger partial charge on any atom is -0.457 e. The van der Waals surface area contributed by atoms with Gasteiger partial charge >= 0.3 is 0 Å². The molecule has 3 aromatic rings. The summed E-state index contributed by atoms with van der Waals surface area (Å²) in [4.78, 5) is 12.4. The third kappa shape index (κ3) is 4.50. The van der Waals surface area contributed by atoms with Crippen LogP contribution in [0.4, 0.5) is 4.39 Å². The van der Waals surface area contributed by atoms with Crippen molar-refractivity contribution in [1.29, 1.82) is 5.26 Å². The van der Waals surface area contributed by atoms with Crippen LogP contribution in [0.5, 0.6) is 0 Å². The van der Waals surface area contributed by atoms with E-state index in [1.807, 2.05) is 43.3 Å². The molecule has 1 aromatic heterocycles. The van der Waals surface area contributed by atoms with Crippen molar-refractivity contribution in [1.82, 2.24) is 5.32 Å². The molecule has 3 rings (SSSR count). The second-order valence-electron chi connectivity index (χ2n) is 5.98. The van der Waals surface area contributed by atoms with E-state index < -0.39 is 5.91 Å². The summed E-state index contributed by atoms with van der Waals surface area (Å²) in [5.41, 5.74) is 1.59. The molecule has 27 heavy (non-hydrogen) atoms. The molecule has 0 spiro atoms. The van der Waals surface area contributed by atoms with Crippen LogP contribution in [0, 0.1) is 17.1 Å². The molecular formula is C22H17FN2O2. The van der Waals surface area contributed by atoms with Gasteiger partial charge < -0.3 is 9.73 Å². The van der Waals surface area contributed by atoms with Gasteiger partial charge in [0.05, 0.1) is 6.04 Å². The van der Waals surface area contributed by atoms with Crippen molar-refractivity contribution in [2.45, 2.75) is 13.0 Å². The van der Waals surface area contributed by atoms with Gasteiger partial charge in [-0.2, -0.15) is 5.26 Å². The number of nitrogens with zero attached hydrogens (tertiary/aromatic N) is 1. The topological polar surface area (TPSA) is 66.0 Å². The maximum atomic E-state index is 13.0. The Balaban J connectivity index is 1.75. The Morgan fingerprint density at radius 2 is 1.81 bits per heavy atom.